The second-order valence-electron chi connectivity index (χ2n) is 8.64. The zero-order valence-electron chi connectivity index (χ0n) is 16.2. The van der Waals surface area contributed by atoms with Gasteiger partial charge in [-0.25, -0.2) is 4.79 Å². The Hall–Kier alpha value is -2.23. The maximum absolute atomic E-state index is 12.7. The number of fused-ring (bicyclic) bond motifs is 3. The summed E-state index contributed by atoms with van der Waals surface area (Å²) in [6, 6.07) is 9.25. The van der Waals surface area contributed by atoms with Gasteiger partial charge in [-0.2, -0.15) is 0 Å². The van der Waals surface area contributed by atoms with E-state index in [1.54, 1.807) is 0 Å². The summed E-state index contributed by atoms with van der Waals surface area (Å²) in [5.41, 5.74) is 3.45. The van der Waals surface area contributed by atoms with E-state index in [0.29, 0.717) is 0 Å². The van der Waals surface area contributed by atoms with Crippen LogP contribution in [-0.4, -0.2) is 33.2 Å². The Morgan fingerprint density at radius 1 is 1.19 bits per heavy atom. The van der Waals surface area contributed by atoms with Crippen molar-refractivity contribution in [3.8, 4) is 0 Å². The van der Waals surface area contributed by atoms with Gasteiger partial charge in [0.15, 0.2) is 0 Å². The van der Waals surface area contributed by atoms with E-state index in [9.17, 15) is 4.79 Å². The SMILES string of the molecule is Cn1ccc2cc(C3=CC4CCCC(C3)N4C(=O)OC(C)(C)C)ccc21. The highest BCUT2D eigenvalue weighted by atomic mass is 16.6. The molecule has 0 spiro atoms. The van der Waals surface area contributed by atoms with Crippen molar-refractivity contribution in [1.29, 1.82) is 0 Å². The number of piperidine rings is 1. The van der Waals surface area contributed by atoms with E-state index in [1.165, 1.54) is 28.5 Å². The van der Waals surface area contributed by atoms with Crippen LogP contribution in [0.4, 0.5) is 4.79 Å². The predicted molar refractivity (Wildman–Crippen MR) is 105 cm³/mol. The predicted octanol–water partition coefficient (Wildman–Crippen LogP) is 5.12. The molecule has 0 saturated carbocycles. The first-order valence-corrected chi connectivity index (χ1v) is 9.59. The van der Waals surface area contributed by atoms with Crippen LogP contribution in [0.25, 0.3) is 16.5 Å². The minimum atomic E-state index is -0.451. The molecule has 0 radical (unpaired) electrons. The van der Waals surface area contributed by atoms with Crippen molar-refractivity contribution in [2.45, 2.75) is 64.1 Å². The molecule has 2 aliphatic heterocycles. The molecule has 138 valence electrons. The highest BCUT2D eigenvalue weighted by Crippen LogP contribution is 2.38. The highest BCUT2D eigenvalue weighted by Gasteiger charge is 2.39. The first kappa shape index (κ1) is 17.2. The normalized spacial score (nSPS) is 23.1. The van der Waals surface area contributed by atoms with Crippen LogP contribution >= 0.6 is 0 Å². The molecule has 1 aromatic carbocycles. The van der Waals surface area contributed by atoms with Gasteiger partial charge in [-0.1, -0.05) is 12.1 Å². The average Bonchev–Trinajstić information content (AvgIpc) is 2.92. The van der Waals surface area contributed by atoms with E-state index < -0.39 is 5.60 Å². The molecule has 1 amide bonds. The van der Waals surface area contributed by atoms with E-state index in [4.69, 9.17) is 4.74 Å². The Kier molecular flexibility index (Phi) is 4.09. The molecule has 4 heteroatoms. The average molecular weight is 352 g/mol. The number of benzene rings is 1. The molecule has 1 saturated heterocycles. The van der Waals surface area contributed by atoms with Crippen LogP contribution in [0.15, 0.2) is 36.5 Å². The first-order valence-electron chi connectivity index (χ1n) is 9.59. The fourth-order valence-electron chi connectivity index (χ4n) is 4.32. The van der Waals surface area contributed by atoms with Crippen molar-refractivity contribution in [3.05, 3.63) is 42.1 Å². The molecule has 2 unspecified atom stereocenters. The van der Waals surface area contributed by atoms with Gasteiger partial charge >= 0.3 is 6.09 Å². The number of ether oxygens (including phenoxy) is 1. The van der Waals surface area contributed by atoms with Crippen LogP contribution in [0.3, 0.4) is 0 Å². The van der Waals surface area contributed by atoms with Gasteiger partial charge in [0.1, 0.15) is 5.60 Å². The molecule has 2 aliphatic rings. The second kappa shape index (κ2) is 6.19. The third-order valence-corrected chi connectivity index (χ3v) is 5.50. The Morgan fingerprint density at radius 3 is 2.73 bits per heavy atom. The lowest BCUT2D eigenvalue weighted by Gasteiger charge is -2.45. The lowest BCUT2D eigenvalue weighted by atomic mass is 9.83. The third-order valence-electron chi connectivity index (χ3n) is 5.50. The van der Waals surface area contributed by atoms with Crippen LogP contribution in [0.5, 0.6) is 0 Å². The number of carbonyl (C=O) groups excluding carboxylic acids is 1. The highest BCUT2D eigenvalue weighted by molar-refractivity contribution is 5.85. The van der Waals surface area contributed by atoms with Crippen molar-refractivity contribution in [2.24, 2.45) is 7.05 Å². The summed E-state index contributed by atoms with van der Waals surface area (Å²) in [6.07, 6.45) is 8.39. The van der Waals surface area contributed by atoms with Crippen LogP contribution in [0, 0.1) is 0 Å². The number of carbonyl (C=O) groups is 1. The summed E-state index contributed by atoms with van der Waals surface area (Å²) in [5.74, 6) is 0. The molecule has 1 aromatic heterocycles. The van der Waals surface area contributed by atoms with Crippen LogP contribution in [0.1, 0.15) is 52.0 Å². The molecule has 1 fully saturated rings. The van der Waals surface area contributed by atoms with Gasteiger partial charge < -0.3 is 9.30 Å². The van der Waals surface area contributed by atoms with Gasteiger partial charge in [0.05, 0.1) is 6.04 Å². The molecule has 3 heterocycles. The second-order valence-corrected chi connectivity index (χ2v) is 8.64. The smallest absolute Gasteiger partial charge is 0.411 e. The molecular weight excluding hydrogens is 324 g/mol. The molecule has 26 heavy (non-hydrogen) atoms. The van der Waals surface area contributed by atoms with E-state index in [-0.39, 0.29) is 18.2 Å². The van der Waals surface area contributed by atoms with E-state index >= 15 is 0 Å². The summed E-state index contributed by atoms with van der Waals surface area (Å²) < 4.78 is 7.82. The van der Waals surface area contributed by atoms with Gasteiger partial charge in [0.25, 0.3) is 0 Å². The molecular formula is C22H28N2O2. The van der Waals surface area contributed by atoms with Gasteiger partial charge in [0.2, 0.25) is 0 Å². The molecule has 0 N–H and O–H groups in total. The van der Waals surface area contributed by atoms with Gasteiger partial charge in [-0.3, -0.25) is 4.90 Å². The Bertz CT molecular complexity index is 872. The number of rotatable bonds is 1. The number of hydrogen-bond donors (Lipinski definition) is 0. The first-order chi connectivity index (χ1) is 12.3. The van der Waals surface area contributed by atoms with Crippen molar-refractivity contribution >= 4 is 22.6 Å². The van der Waals surface area contributed by atoms with Crippen molar-refractivity contribution in [3.63, 3.8) is 0 Å². The van der Waals surface area contributed by atoms with Crippen molar-refractivity contribution in [2.75, 3.05) is 0 Å². The van der Waals surface area contributed by atoms with Crippen molar-refractivity contribution in [1.82, 2.24) is 9.47 Å². The third kappa shape index (κ3) is 3.13. The minimum absolute atomic E-state index is 0.152. The molecule has 2 bridgehead atoms. The summed E-state index contributed by atoms with van der Waals surface area (Å²) in [6.45, 7) is 5.79. The van der Waals surface area contributed by atoms with E-state index in [2.05, 4.69) is 48.2 Å². The molecule has 2 aromatic rings. The van der Waals surface area contributed by atoms with E-state index in [0.717, 1.165) is 19.3 Å². The van der Waals surface area contributed by atoms with Crippen LogP contribution in [-0.2, 0) is 11.8 Å². The van der Waals surface area contributed by atoms with Gasteiger partial charge in [-0.15, -0.1) is 0 Å². The standard InChI is InChI=1S/C22H28N2O2/c1-22(2,3)26-21(25)24-18-6-5-7-19(24)14-17(13-18)15-8-9-20-16(12-15)10-11-23(20)4/h8-13,18-19H,5-7,14H2,1-4H3. The van der Waals surface area contributed by atoms with Gasteiger partial charge in [0, 0.05) is 30.2 Å². The Labute approximate surface area is 155 Å². The number of amides is 1. The fraction of sp³-hybridized carbons (Fsp3) is 0.500. The lowest BCUT2D eigenvalue weighted by molar-refractivity contribution is 0.0000859. The zero-order valence-corrected chi connectivity index (χ0v) is 16.2. The number of aromatic nitrogens is 1. The Balaban J connectivity index is 1.64. The fourth-order valence-corrected chi connectivity index (χ4v) is 4.32. The summed E-state index contributed by atoms with van der Waals surface area (Å²) >= 11 is 0. The number of nitrogens with zero attached hydrogens (tertiary/aromatic N) is 2. The number of aryl methyl sites for hydroxylation is 1. The largest absolute Gasteiger partial charge is 0.444 e. The topological polar surface area (TPSA) is 34.5 Å². The molecule has 0 aliphatic carbocycles. The maximum Gasteiger partial charge on any atom is 0.411 e. The molecule has 4 nitrogen and oxygen atoms in total. The van der Waals surface area contributed by atoms with Crippen molar-refractivity contribution < 1.29 is 9.53 Å². The van der Waals surface area contributed by atoms with Crippen LogP contribution in [0.2, 0.25) is 0 Å². The lowest BCUT2D eigenvalue weighted by Crippen LogP contribution is -2.53. The zero-order chi connectivity index (χ0) is 18.5. The summed E-state index contributed by atoms with van der Waals surface area (Å²) in [7, 11) is 2.07. The van der Waals surface area contributed by atoms with E-state index in [1.807, 2.05) is 25.7 Å². The summed E-state index contributed by atoms with van der Waals surface area (Å²) in [5, 5.41) is 1.27. The quantitative estimate of drug-likeness (QED) is 0.713. The Morgan fingerprint density at radius 2 is 2.00 bits per heavy atom. The monoisotopic (exact) mass is 352 g/mol. The maximum atomic E-state index is 12.7. The van der Waals surface area contributed by atoms with Gasteiger partial charge in [-0.05, 0) is 75.8 Å². The van der Waals surface area contributed by atoms with Crippen LogP contribution < -0.4 is 0 Å². The summed E-state index contributed by atoms with van der Waals surface area (Å²) in [4.78, 5) is 14.7. The molecule has 4 rings (SSSR count). The minimum Gasteiger partial charge on any atom is -0.444 e. The number of hydrogen-bond acceptors (Lipinski definition) is 2. The molecule has 2 atom stereocenters.